The van der Waals surface area contributed by atoms with Crippen LogP contribution in [0.5, 0.6) is 5.75 Å². The lowest BCUT2D eigenvalue weighted by Gasteiger charge is -2.11. The summed E-state index contributed by atoms with van der Waals surface area (Å²) >= 11 is 7.01. The van der Waals surface area contributed by atoms with E-state index in [1.165, 1.54) is 0 Å². The molecule has 0 aromatic heterocycles. The van der Waals surface area contributed by atoms with Crippen LogP contribution >= 0.6 is 31.9 Å². The molecule has 2 aromatic carbocycles. The number of para-hydroxylation sites is 1. The molecule has 0 saturated carbocycles. The number of halogens is 2. The normalized spacial score (nSPS) is 10.1. The number of hydrogen-bond donors (Lipinski definition) is 1. The molecule has 0 aliphatic rings. The van der Waals surface area contributed by atoms with Crippen LogP contribution in [0, 0.1) is 0 Å². The third-order valence-corrected chi connectivity index (χ3v) is 3.70. The van der Waals surface area contributed by atoms with Gasteiger partial charge in [-0.2, -0.15) is 0 Å². The van der Waals surface area contributed by atoms with Gasteiger partial charge >= 0.3 is 0 Å². The SMILES string of the molecule is COc1ccc(Br)c(Nc2ccccc2Br)c1. The molecule has 0 aliphatic carbocycles. The highest BCUT2D eigenvalue weighted by molar-refractivity contribution is 9.11. The van der Waals surface area contributed by atoms with Gasteiger partial charge in [0.05, 0.1) is 18.5 Å². The minimum Gasteiger partial charge on any atom is -0.497 e. The molecule has 0 heterocycles. The third kappa shape index (κ3) is 3.01. The van der Waals surface area contributed by atoms with Gasteiger partial charge in [-0.3, -0.25) is 0 Å². The zero-order valence-corrected chi connectivity index (χ0v) is 12.4. The quantitative estimate of drug-likeness (QED) is 0.838. The van der Waals surface area contributed by atoms with E-state index in [0.717, 1.165) is 26.1 Å². The highest BCUT2D eigenvalue weighted by atomic mass is 79.9. The predicted molar refractivity (Wildman–Crippen MR) is 78.1 cm³/mol. The van der Waals surface area contributed by atoms with Crippen LogP contribution in [0.25, 0.3) is 0 Å². The Morgan fingerprint density at radius 2 is 1.65 bits per heavy atom. The molecule has 0 radical (unpaired) electrons. The standard InChI is InChI=1S/C13H11Br2NO/c1-17-9-6-7-11(15)13(8-9)16-12-5-3-2-4-10(12)14/h2-8,16H,1H3. The first-order valence-electron chi connectivity index (χ1n) is 5.06. The van der Waals surface area contributed by atoms with Crippen molar-refractivity contribution in [3.8, 4) is 5.75 Å². The van der Waals surface area contributed by atoms with Crippen molar-refractivity contribution in [3.63, 3.8) is 0 Å². The van der Waals surface area contributed by atoms with Crippen molar-refractivity contribution in [2.45, 2.75) is 0 Å². The van der Waals surface area contributed by atoms with E-state index < -0.39 is 0 Å². The van der Waals surface area contributed by atoms with E-state index in [2.05, 4.69) is 37.2 Å². The lowest BCUT2D eigenvalue weighted by Crippen LogP contribution is -1.93. The molecule has 0 amide bonds. The van der Waals surface area contributed by atoms with Gasteiger partial charge < -0.3 is 10.1 Å². The van der Waals surface area contributed by atoms with Crippen molar-refractivity contribution in [1.29, 1.82) is 0 Å². The first kappa shape index (κ1) is 12.5. The van der Waals surface area contributed by atoms with Crippen molar-refractivity contribution in [2.75, 3.05) is 12.4 Å². The summed E-state index contributed by atoms with van der Waals surface area (Å²) in [7, 11) is 1.66. The Balaban J connectivity index is 2.32. The molecule has 0 unspecified atom stereocenters. The summed E-state index contributed by atoms with van der Waals surface area (Å²) in [6.07, 6.45) is 0. The van der Waals surface area contributed by atoms with Gasteiger partial charge in [-0.15, -0.1) is 0 Å². The third-order valence-electron chi connectivity index (χ3n) is 2.32. The molecule has 2 rings (SSSR count). The summed E-state index contributed by atoms with van der Waals surface area (Å²) in [4.78, 5) is 0. The summed E-state index contributed by atoms with van der Waals surface area (Å²) in [5.41, 5.74) is 1.98. The van der Waals surface area contributed by atoms with Crippen LogP contribution in [0.1, 0.15) is 0 Å². The second-order valence-corrected chi connectivity index (χ2v) is 5.16. The van der Waals surface area contributed by atoms with Crippen molar-refractivity contribution in [2.24, 2.45) is 0 Å². The molecule has 17 heavy (non-hydrogen) atoms. The fourth-order valence-corrected chi connectivity index (χ4v) is 2.16. The molecule has 0 bridgehead atoms. The van der Waals surface area contributed by atoms with Gasteiger partial charge in [0.1, 0.15) is 5.75 Å². The second kappa shape index (κ2) is 5.56. The Labute approximate surface area is 117 Å². The summed E-state index contributed by atoms with van der Waals surface area (Å²) in [6.45, 7) is 0. The Bertz CT molecular complexity index is 529. The molecule has 2 nitrogen and oxygen atoms in total. The van der Waals surface area contributed by atoms with Crippen molar-refractivity contribution in [3.05, 3.63) is 51.4 Å². The van der Waals surface area contributed by atoms with E-state index in [-0.39, 0.29) is 0 Å². The van der Waals surface area contributed by atoms with E-state index >= 15 is 0 Å². The first-order valence-corrected chi connectivity index (χ1v) is 6.64. The molecule has 0 saturated heterocycles. The van der Waals surface area contributed by atoms with Gasteiger partial charge in [0.2, 0.25) is 0 Å². The number of benzene rings is 2. The molecule has 4 heteroatoms. The lowest BCUT2D eigenvalue weighted by atomic mass is 10.2. The molecule has 0 atom stereocenters. The number of hydrogen-bond acceptors (Lipinski definition) is 2. The van der Waals surface area contributed by atoms with Crippen LogP contribution < -0.4 is 10.1 Å². The van der Waals surface area contributed by atoms with Crippen LogP contribution in [0.4, 0.5) is 11.4 Å². The van der Waals surface area contributed by atoms with Crippen LogP contribution in [-0.4, -0.2) is 7.11 Å². The monoisotopic (exact) mass is 355 g/mol. The van der Waals surface area contributed by atoms with E-state index in [9.17, 15) is 0 Å². The Hall–Kier alpha value is -1.00. The van der Waals surface area contributed by atoms with Crippen molar-refractivity contribution >= 4 is 43.2 Å². The number of anilines is 2. The predicted octanol–water partition coefficient (Wildman–Crippen LogP) is 4.96. The van der Waals surface area contributed by atoms with Gasteiger partial charge in [0, 0.05) is 15.0 Å². The van der Waals surface area contributed by atoms with E-state index in [4.69, 9.17) is 4.74 Å². The summed E-state index contributed by atoms with van der Waals surface area (Å²) in [5.74, 6) is 0.822. The highest BCUT2D eigenvalue weighted by Gasteiger charge is 2.04. The molecule has 88 valence electrons. The van der Waals surface area contributed by atoms with Crippen LogP contribution in [0.15, 0.2) is 51.4 Å². The maximum absolute atomic E-state index is 5.21. The number of rotatable bonds is 3. The average molecular weight is 357 g/mol. The molecule has 0 fully saturated rings. The van der Waals surface area contributed by atoms with Crippen LogP contribution in [0.2, 0.25) is 0 Å². The zero-order valence-electron chi connectivity index (χ0n) is 9.21. The fraction of sp³-hybridized carbons (Fsp3) is 0.0769. The summed E-state index contributed by atoms with van der Waals surface area (Å²) in [6, 6.07) is 13.8. The van der Waals surface area contributed by atoms with Crippen molar-refractivity contribution in [1.82, 2.24) is 0 Å². The Kier molecular flexibility index (Phi) is 4.07. The topological polar surface area (TPSA) is 21.3 Å². The second-order valence-electron chi connectivity index (χ2n) is 3.45. The lowest BCUT2D eigenvalue weighted by molar-refractivity contribution is 0.415. The maximum Gasteiger partial charge on any atom is 0.121 e. The highest BCUT2D eigenvalue weighted by Crippen LogP contribution is 2.32. The molecular formula is C13H11Br2NO. The molecular weight excluding hydrogens is 346 g/mol. The van der Waals surface area contributed by atoms with Gasteiger partial charge in [0.15, 0.2) is 0 Å². The minimum absolute atomic E-state index is 0.822. The van der Waals surface area contributed by atoms with Crippen molar-refractivity contribution < 1.29 is 4.74 Å². The minimum atomic E-state index is 0.822. The van der Waals surface area contributed by atoms with E-state index in [0.29, 0.717) is 0 Å². The average Bonchev–Trinajstić information content (AvgIpc) is 2.35. The van der Waals surface area contributed by atoms with Gasteiger partial charge in [0.25, 0.3) is 0 Å². The molecule has 2 aromatic rings. The van der Waals surface area contributed by atoms with E-state index in [1.54, 1.807) is 7.11 Å². The Morgan fingerprint density at radius 1 is 0.941 bits per heavy atom. The number of methoxy groups -OCH3 is 1. The van der Waals surface area contributed by atoms with E-state index in [1.807, 2.05) is 42.5 Å². The number of nitrogens with one attached hydrogen (secondary N) is 1. The van der Waals surface area contributed by atoms with Gasteiger partial charge in [-0.1, -0.05) is 12.1 Å². The number of ether oxygens (including phenoxy) is 1. The van der Waals surface area contributed by atoms with Crippen LogP contribution in [-0.2, 0) is 0 Å². The Morgan fingerprint density at radius 3 is 2.35 bits per heavy atom. The first-order chi connectivity index (χ1) is 8.20. The molecule has 0 spiro atoms. The molecule has 1 N–H and O–H groups in total. The van der Waals surface area contributed by atoms with Crippen LogP contribution in [0.3, 0.4) is 0 Å². The smallest absolute Gasteiger partial charge is 0.121 e. The van der Waals surface area contributed by atoms with Gasteiger partial charge in [-0.05, 0) is 56.1 Å². The summed E-state index contributed by atoms with van der Waals surface area (Å²) < 4.78 is 7.22. The van der Waals surface area contributed by atoms with Gasteiger partial charge in [-0.25, -0.2) is 0 Å². The molecule has 0 aliphatic heterocycles. The maximum atomic E-state index is 5.21. The fourth-order valence-electron chi connectivity index (χ4n) is 1.43. The zero-order chi connectivity index (χ0) is 12.3. The summed E-state index contributed by atoms with van der Waals surface area (Å²) in [5, 5.41) is 3.34. The largest absolute Gasteiger partial charge is 0.497 e.